The highest BCUT2D eigenvalue weighted by atomic mass is 16.2. The molecule has 1 aromatic rings. The van der Waals surface area contributed by atoms with Crippen molar-refractivity contribution in [3.63, 3.8) is 0 Å². The van der Waals surface area contributed by atoms with Crippen LogP contribution >= 0.6 is 0 Å². The molecule has 0 radical (unpaired) electrons. The van der Waals surface area contributed by atoms with E-state index in [1.54, 1.807) is 24.0 Å². The van der Waals surface area contributed by atoms with Crippen molar-refractivity contribution in [1.29, 1.82) is 0 Å². The first-order valence-corrected chi connectivity index (χ1v) is 4.92. The summed E-state index contributed by atoms with van der Waals surface area (Å²) < 4.78 is 1.80. The number of hydrogen-bond acceptors (Lipinski definition) is 3. The van der Waals surface area contributed by atoms with Crippen LogP contribution in [0.1, 0.15) is 27.7 Å². The molecule has 0 aliphatic heterocycles. The van der Waals surface area contributed by atoms with Gasteiger partial charge in [0.1, 0.15) is 0 Å². The van der Waals surface area contributed by atoms with E-state index in [1.807, 2.05) is 20.8 Å². The molecular formula is C10H18N4O. The molecule has 1 aromatic heterocycles. The van der Waals surface area contributed by atoms with Gasteiger partial charge >= 0.3 is 0 Å². The highest BCUT2D eigenvalue weighted by molar-refractivity contribution is 5.94. The third-order valence-corrected chi connectivity index (χ3v) is 1.95. The number of nitrogens with one attached hydrogen (secondary N) is 1. The van der Waals surface area contributed by atoms with Gasteiger partial charge in [0.15, 0.2) is 0 Å². The maximum Gasteiger partial charge on any atom is 0.241 e. The number of aromatic nitrogens is 2. The molecule has 3 N–H and O–H groups in total. The van der Waals surface area contributed by atoms with Crippen LogP contribution in [0.15, 0.2) is 12.4 Å². The Morgan fingerprint density at radius 3 is 2.60 bits per heavy atom. The van der Waals surface area contributed by atoms with E-state index in [0.29, 0.717) is 5.69 Å². The summed E-state index contributed by atoms with van der Waals surface area (Å²) in [7, 11) is 0. The number of rotatable bonds is 2. The molecule has 1 heterocycles. The Balaban J connectivity index is 2.73. The molecule has 84 valence electrons. The predicted molar refractivity (Wildman–Crippen MR) is 59.5 cm³/mol. The number of carbonyl (C=O) groups excluding carboxylic acids is 1. The largest absolute Gasteiger partial charge is 0.322 e. The fraction of sp³-hybridized carbons (Fsp3) is 0.600. The standard InChI is InChI=1S/C10H18N4O/c1-7(11)9(15)13-8-5-12-14(6-8)10(2,3)4/h5-7H,11H2,1-4H3,(H,13,15)/t7-/m1/s1. The summed E-state index contributed by atoms with van der Waals surface area (Å²) in [5.74, 6) is -0.205. The lowest BCUT2D eigenvalue weighted by molar-refractivity contribution is -0.117. The summed E-state index contributed by atoms with van der Waals surface area (Å²) in [6.07, 6.45) is 3.41. The second-order valence-electron chi connectivity index (χ2n) is 4.62. The van der Waals surface area contributed by atoms with Crippen molar-refractivity contribution >= 4 is 11.6 Å². The van der Waals surface area contributed by atoms with Crippen LogP contribution in [-0.4, -0.2) is 21.7 Å². The van der Waals surface area contributed by atoms with Crippen LogP contribution in [0.25, 0.3) is 0 Å². The van der Waals surface area contributed by atoms with Gasteiger partial charge in [0, 0.05) is 6.20 Å². The zero-order valence-corrected chi connectivity index (χ0v) is 9.61. The molecule has 0 bridgehead atoms. The molecule has 0 fully saturated rings. The van der Waals surface area contributed by atoms with Crippen LogP contribution < -0.4 is 11.1 Å². The van der Waals surface area contributed by atoms with Crippen molar-refractivity contribution in [2.24, 2.45) is 5.73 Å². The average Bonchev–Trinajstić information content (AvgIpc) is 2.51. The van der Waals surface area contributed by atoms with Crippen molar-refractivity contribution in [2.45, 2.75) is 39.3 Å². The number of nitrogens with zero attached hydrogens (tertiary/aromatic N) is 2. The fourth-order valence-electron chi connectivity index (χ4n) is 1.01. The molecule has 0 unspecified atom stereocenters. The highest BCUT2D eigenvalue weighted by Gasteiger charge is 2.15. The lowest BCUT2D eigenvalue weighted by atomic mass is 10.1. The number of anilines is 1. The van der Waals surface area contributed by atoms with Crippen LogP contribution in [0.2, 0.25) is 0 Å². The van der Waals surface area contributed by atoms with Crippen LogP contribution in [0.5, 0.6) is 0 Å². The first-order valence-electron chi connectivity index (χ1n) is 4.92. The minimum absolute atomic E-state index is 0.0860. The Kier molecular flexibility index (Phi) is 3.14. The van der Waals surface area contributed by atoms with Gasteiger partial charge in [-0.25, -0.2) is 0 Å². The van der Waals surface area contributed by atoms with Gasteiger partial charge in [-0.3, -0.25) is 9.48 Å². The molecule has 5 heteroatoms. The van der Waals surface area contributed by atoms with E-state index >= 15 is 0 Å². The second kappa shape index (κ2) is 4.02. The molecular weight excluding hydrogens is 192 g/mol. The summed E-state index contributed by atoms with van der Waals surface area (Å²) >= 11 is 0. The predicted octanol–water partition coefficient (Wildman–Crippen LogP) is 0.924. The minimum Gasteiger partial charge on any atom is -0.322 e. The van der Waals surface area contributed by atoms with Crippen molar-refractivity contribution < 1.29 is 4.79 Å². The Hall–Kier alpha value is -1.36. The van der Waals surface area contributed by atoms with Crippen LogP contribution in [0, 0.1) is 0 Å². The molecule has 0 aliphatic rings. The minimum atomic E-state index is -0.511. The first-order chi connectivity index (χ1) is 6.80. The Labute approximate surface area is 89.6 Å². The molecule has 1 amide bonds. The summed E-state index contributed by atoms with van der Waals surface area (Å²) in [5.41, 5.74) is 6.02. The maximum atomic E-state index is 11.3. The van der Waals surface area contributed by atoms with E-state index in [9.17, 15) is 4.79 Å². The fourth-order valence-corrected chi connectivity index (χ4v) is 1.01. The first kappa shape index (κ1) is 11.7. The highest BCUT2D eigenvalue weighted by Crippen LogP contribution is 2.15. The van der Waals surface area contributed by atoms with Gasteiger partial charge in [-0.05, 0) is 27.7 Å². The smallest absolute Gasteiger partial charge is 0.241 e. The number of amides is 1. The zero-order valence-electron chi connectivity index (χ0n) is 9.61. The second-order valence-corrected chi connectivity index (χ2v) is 4.62. The molecule has 15 heavy (non-hydrogen) atoms. The lowest BCUT2D eigenvalue weighted by Gasteiger charge is -2.18. The van der Waals surface area contributed by atoms with Crippen molar-refractivity contribution in [2.75, 3.05) is 5.32 Å². The monoisotopic (exact) mass is 210 g/mol. The Morgan fingerprint density at radius 1 is 1.60 bits per heavy atom. The SMILES string of the molecule is C[C@@H](N)C(=O)Nc1cnn(C(C)(C)C)c1. The molecule has 5 nitrogen and oxygen atoms in total. The third kappa shape index (κ3) is 3.06. The topological polar surface area (TPSA) is 72.9 Å². The van der Waals surface area contributed by atoms with Crippen LogP contribution in [0.4, 0.5) is 5.69 Å². The normalized spacial score (nSPS) is 13.7. The maximum absolute atomic E-state index is 11.3. The molecule has 0 saturated heterocycles. The summed E-state index contributed by atoms with van der Waals surface area (Å²) in [6.45, 7) is 7.76. The van der Waals surface area contributed by atoms with E-state index in [1.165, 1.54) is 0 Å². The summed E-state index contributed by atoms with van der Waals surface area (Å²) in [5, 5.41) is 6.85. The van der Waals surface area contributed by atoms with Gasteiger partial charge < -0.3 is 11.1 Å². The van der Waals surface area contributed by atoms with Crippen LogP contribution in [-0.2, 0) is 10.3 Å². The van der Waals surface area contributed by atoms with E-state index in [2.05, 4.69) is 10.4 Å². The zero-order chi connectivity index (χ0) is 11.6. The van der Waals surface area contributed by atoms with E-state index < -0.39 is 6.04 Å². The van der Waals surface area contributed by atoms with E-state index in [4.69, 9.17) is 5.73 Å². The molecule has 0 saturated carbocycles. The lowest BCUT2D eigenvalue weighted by Crippen LogP contribution is -2.32. The Morgan fingerprint density at radius 2 is 2.20 bits per heavy atom. The van der Waals surface area contributed by atoms with Gasteiger partial charge in [-0.15, -0.1) is 0 Å². The van der Waals surface area contributed by atoms with Gasteiger partial charge in [0.05, 0.1) is 23.5 Å². The van der Waals surface area contributed by atoms with Crippen molar-refractivity contribution in [1.82, 2.24) is 9.78 Å². The molecule has 1 rings (SSSR count). The molecule has 0 spiro atoms. The molecule has 0 aromatic carbocycles. The summed E-state index contributed by atoms with van der Waals surface area (Å²) in [4.78, 5) is 11.3. The third-order valence-electron chi connectivity index (χ3n) is 1.95. The number of hydrogen-bond donors (Lipinski definition) is 2. The Bertz CT molecular complexity index is 349. The van der Waals surface area contributed by atoms with Gasteiger partial charge in [-0.2, -0.15) is 5.10 Å². The van der Waals surface area contributed by atoms with Gasteiger partial charge in [0.2, 0.25) is 5.91 Å². The van der Waals surface area contributed by atoms with E-state index in [-0.39, 0.29) is 11.4 Å². The van der Waals surface area contributed by atoms with Crippen molar-refractivity contribution in [3.8, 4) is 0 Å². The number of carbonyl (C=O) groups is 1. The van der Waals surface area contributed by atoms with Gasteiger partial charge in [0.25, 0.3) is 0 Å². The number of nitrogens with two attached hydrogens (primary N) is 1. The molecule has 1 atom stereocenters. The molecule has 0 aliphatic carbocycles. The average molecular weight is 210 g/mol. The quantitative estimate of drug-likeness (QED) is 0.762. The van der Waals surface area contributed by atoms with Crippen molar-refractivity contribution in [3.05, 3.63) is 12.4 Å². The van der Waals surface area contributed by atoms with Crippen LogP contribution in [0.3, 0.4) is 0 Å². The van der Waals surface area contributed by atoms with Gasteiger partial charge in [-0.1, -0.05) is 0 Å². The van der Waals surface area contributed by atoms with E-state index in [0.717, 1.165) is 0 Å². The summed E-state index contributed by atoms with van der Waals surface area (Å²) in [6, 6.07) is -0.511.